The van der Waals surface area contributed by atoms with Gasteiger partial charge in [-0.2, -0.15) is 4.31 Å². The Labute approximate surface area is 165 Å². The van der Waals surface area contributed by atoms with Crippen molar-refractivity contribution >= 4 is 15.9 Å². The molecule has 1 fully saturated rings. The molecule has 2 aromatic carbocycles. The highest BCUT2D eigenvalue weighted by atomic mass is 32.2. The van der Waals surface area contributed by atoms with Gasteiger partial charge in [-0.3, -0.25) is 4.79 Å². The van der Waals surface area contributed by atoms with Crippen molar-refractivity contribution in [3.63, 3.8) is 0 Å². The number of nitrogens with zero attached hydrogens (tertiary/aromatic N) is 2. The first-order chi connectivity index (χ1) is 13.4. The van der Waals surface area contributed by atoms with Gasteiger partial charge in [-0.15, -0.1) is 0 Å². The van der Waals surface area contributed by atoms with E-state index in [1.54, 1.807) is 73.5 Å². The van der Waals surface area contributed by atoms with Crippen LogP contribution < -0.4 is 9.47 Å². The average Bonchev–Trinajstić information content (AvgIpc) is 2.74. The SMILES string of the molecule is COc1ccc(OC(C)C(=O)N2CCN(S(=O)(=O)c3ccccc3)CC2)cc1. The summed E-state index contributed by atoms with van der Waals surface area (Å²) in [4.78, 5) is 14.6. The van der Waals surface area contributed by atoms with E-state index in [1.807, 2.05) is 0 Å². The Kier molecular flexibility index (Phi) is 6.21. The van der Waals surface area contributed by atoms with Crippen molar-refractivity contribution in [3.05, 3.63) is 54.6 Å². The molecule has 0 radical (unpaired) electrons. The highest BCUT2D eigenvalue weighted by Crippen LogP contribution is 2.20. The Morgan fingerprint density at radius 2 is 1.50 bits per heavy atom. The highest BCUT2D eigenvalue weighted by molar-refractivity contribution is 7.89. The quantitative estimate of drug-likeness (QED) is 0.736. The zero-order valence-electron chi connectivity index (χ0n) is 15.9. The van der Waals surface area contributed by atoms with Crippen molar-refractivity contribution in [1.82, 2.24) is 9.21 Å². The molecule has 2 aromatic rings. The Bertz CT molecular complexity index is 892. The molecule has 0 aromatic heterocycles. The van der Waals surface area contributed by atoms with E-state index in [4.69, 9.17) is 9.47 Å². The third-order valence-electron chi connectivity index (χ3n) is 4.65. The molecule has 3 rings (SSSR count). The maximum atomic E-state index is 12.7. The minimum absolute atomic E-state index is 0.160. The lowest BCUT2D eigenvalue weighted by Gasteiger charge is -2.35. The summed E-state index contributed by atoms with van der Waals surface area (Å²) in [5.41, 5.74) is 0. The Morgan fingerprint density at radius 3 is 2.07 bits per heavy atom. The predicted molar refractivity (Wildman–Crippen MR) is 105 cm³/mol. The minimum Gasteiger partial charge on any atom is -0.497 e. The van der Waals surface area contributed by atoms with E-state index in [0.29, 0.717) is 24.6 Å². The lowest BCUT2D eigenvalue weighted by atomic mass is 10.2. The number of hydrogen-bond acceptors (Lipinski definition) is 5. The van der Waals surface area contributed by atoms with E-state index in [-0.39, 0.29) is 23.9 Å². The number of ether oxygens (including phenoxy) is 2. The number of amides is 1. The van der Waals surface area contributed by atoms with Gasteiger partial charge in [-0.1, -0.05) is 18.2 Å². The van der Waals surface area contributed by atoms with Crippen molar-refractivity contribution in [2.24, 2.45) is 0 Å². The van der Waals surface area contributed by atoms with Gasteiger partial charge in [0.05, 0.1) is 12.0 Å². The molecule has 0 saturated carbocycles. The standard InChI is InChI=1S/C20H24N2O5S/c1-16(27-18-10-8-17(26-2)9-11-18)20(23)21-12-14-22(15-13-21)28(24,25)19-6-4-3-5-7-19/h3-11,16H,12-15H2,1-2H3. The maximum absolute atomic E-state index is 12.7. The van der Waals surface area contributed by atoms with Gasteiger partial charge in [-0.25, -0.2) is 8.42 Å². The van der Waals surface area contributed by atoms with Gasteiger partial charge in [-0.05, 0) is 43.3 Å². The minimum atomic E-state index is -3.53. The molecule has 1 saturated heterocycles. The van der Waals surface area contributed by atoms with Crippen LogP contribution in [0, 0.1) is 0 Å². The second-order valence-electron chi connectivity index (χ2n) is 6.48. The summed E-state index contributed by atoms with van der Waals surface area (Å²) >= 11 is 0. The number of hydrogen-bond donors (Lipinski definition) is 0. The first kappa shape index (κ1) is 20.2. The summed E-state index contributed by atoms with van der Waals surface area (Å²) in [6.45, 7) is 2.89. The normalized spacial score (nSPS) is 16.4. The molecule has 8 heteroatoms. The fraction of sp³-hybridized carbons (Fsp3) is 0.350. The number of sulfonamides is 1. The van der Waals surface area contributed by atoms with E-state index < -0.39 is 16.1 Å². The average molecular weight is 404 g/mol. The lowest BCUT2D eigenvalue weighted by Crippen LogP contribution is -2.53. The van der Waals surface area contributed by atoms with Gasteiger partial charge in [0, 0.05) is 26.2 Å². The largest absolute Gasteiger partial charge is 0.497 e. The Hall–Kier alpha value is -2.58. The van der Waals surface area contributed by atoms with Crippen LogP contribution in [-0.4, -0.2) is 62.9 Å². The Balaban J connectivity index is 1.57. The fourth-order valence-electron chi connectivity index (χ4n) is 3.06. The molecule has 0 aliphatic carbocycles. The summed E-state index contributed by atoms with van der Waals surface area (Å²) in [5.74, 6) is 1.13. The summed E-state index contributed by atoms with van der Waals surface area (Å²) in [7, 11) is -1.95. The maximum Gasteiger partial charge on any atom is 0.263 e. The molecule has 0 spiro atoms. The van der Waals surface area contributed by atoms with Gasteiger partial charge in [0.15, 0.2) is 6.10 Å². The van der Waals surface area contributed by atoms with Crippen LogP contribution in [0.25, 0.3) is 0 Å². The number of carbonyl (C=O) groups is 1. The van der Waals surface area contributed by atoms with Crippen LogP contribution in [0.5, 0.6) is 11.5 Å². The number of methoxy groups -OCH3 is 1. The second kappa shape index (κ2) is 8.62. The first-order valence-corrected chi connectivity index (χ1v) is 10.5. The number of benzene rings is 2. The smallest absolute Gasteiger partial charge is 0.263 e. The van der Waals surface area contributed by atoms with E-state index in [1.165, 1.54) is 4.31 Å². The molecule has 1 aliphatic heterocycles. The third-order valence-corrected chi connectivity index (χ3v) is 6.56. The Morgan fingerprint density at radius 1 is 0.929 bits per heavy atom. The highest BCUT2D eigenvalue weighted by Gasteiger charge is 2.31. The van der Waals surface area contributed by atoms with E-state index in [9.17, 15) is 13.2 Å². The zero-order valence-corrected chi connectivity index (χ0v) is 16.8. The van der Waals surface area contributed by atoms with Crippen molar-refractivity contribution in [3.8, 4) is 11.5 Å². The molecule has 1 unspecified atom stereocenters. The second-order valence-corrected chi connectivity index (χ2v) is 8.42. The predicted octanol–water partition coefficient (Wildman–Crippen LogP) is 2.00. The van der Waals surface area contributed by atoms with Gasteiger partial charge < -0.3 is 14.4 Å². The molecule has 1 aliphatic rings. The molecule has 7 nitrogen and oxygen atoms in total. The molecule has 1 heterocycles. The molecule has 1 amide bonds. The zero-order chi connectivity index (χ0) is 20.1. The molecule has 1 atom stereocenters. The van der Waals surface area contributed by atoms with Crippen molar-refractivity contribution in [1.29, 1.82) is 0 Å². The number of carbonyl (C=O) groups excluding carboxylic acids is 1. The summed E-state index contributed by atoms with van der Waals surface area (Å²) in [5, 5.41) is 0. The van der Waals surface area contributed by atoms with Gasteiger partial charge in [0.25, 0.3) is 5.91 Å². The lowest BCUT2D eigenvalue weighted by molar-refractivity contribution is -0.139. The molecular formula is C20H24N2O5S. The van der Waals surface area contributed by atoms with Crippen molar-refractivity contribution < 1.29 is 22.7 Å². The van der Waals surface area contributed by atoms with Crippen LogP contribution >= 0.6 is 0 Å². The van der Waals surface area contributed by atoms with Crippen LogP contribution in [-0.2, 0) is 14.8 Å². The number of rotatable bonds is 6. The topological polar surface area (TPSA) is 76.2 Å². The summed E-state index contributed by atoms with van der Waals surface area (Å²) in [6.07, 6.45) is -0.661. The van der Waals surface area contributed by atoms with E-state index >= 15 is 0 Å². The number of piperazine rings is 1. The van der Waals surface area contributed by atoms with E-state index in [0.717, 1.165) is 0 Å². The van der Waals surface area contributed by atoms with Crippen LogP contribution in [0.1, 0.15) is 6.92 Å². The third kappa shape index (κ3) is 4.45. The van der Waals surface area contributed by atoms with Crippen LogP contribution in [0.3, 0.4) is 0 Å². The molecule has 0 bridgehead atoms. The molecule has 0 N–H and O–H groups in total. The first-order valence-electron chi connectivity index (χ1n) is 9.06. The van der Waals surface area contributed by atoms with Crippen LogP contribution in [0.15, 0.2) is 59.5 Å². The molecular weight excluding hydrogens is 380 g/mol. The molecule has 150 valence electrons. The van der Waals surface area contributed by atoms with Gasteiger partial charge in [0.1, 0.15) is 11.5 Å². The summed E-state index contributed by atoms with van der Waals surface area (Å²) in [6, 6.07) is 15.4. The van der Waals surface area contributed by atoms with Gasteiger partial charge >= 0.3 is 0 Å². The van der Waals surface area contributed by atoms with Crippen molar-refractivity contribution in [2.75, 3.05) is 33.3 Å². The van der Waals surface area contributed by atoms with Gasteiger partial charge in [0.2, 0.25) is 10.0 Å². The monoisotopic (exact) mass is 404 g/mol. The van der Waals surface area contributed by atoms with Crippen LogP contribution in [0.4, 0.5) is 0 Å². The fourth-order valence-corrected chi connectivity index (χ4v) is 4.50. The van der Waals surface area contributed by atoms with Crippen LogP contribution in [0.2, 0.25) is 0 Å². The summed E-state index contributed by atoms with van der Waals surface area (Å²) < 4.78 is 37.6. The van der Waals surface area contributed by atoms with E-state index in [2.05, 4.69) is 0 Å². The molecule has 28 heavy (non-hydrogen) atoms. The van der Waals surface area contributed by atoms with Crippen molar-refractivity contribution in [2.45, 2.75) is 17.9 Å².